The first-order valence-electron chi connectivity index (χ1n) is 7.96. The lowest BCUT2D eigenvalue weighted by Gasteiger charge is -2.30. The molecule has 1 unspecified atom stereocenters. The normalized spacial score (nSPS) is 20.1. The van der Waals surface area contributed by atoms with Gasteiger partial charge in [-0.2, -0.15) is 0 Å². The maximum atomic E-state index is 11.8. The third kappa shape index (κ3) is 2.17. The molecule has 0 saturated heterocycles. The van der Waals surface area contributed by atoms with Crippen LogP contribution in [0.25, 0.3) is 0 Å². The van der Waals surface area contributed by atoms with Gasteiger partial charge in [-0.25, -0.2) is 0 Å². The van der Waals surface area contributed by atoms with E-state index in [0.29, 0.717) is 12.5 Å². The highest BCUT2D eigenvalue weighted by Crippen LogP contribution is 2.35. The van der Waals surface area contributed by atoms with E-state index in [1.165, 1.54) is 22.4 Å². The molecule has 0 aliphatic carbocycles. The Kier molecular flexibility index (Phi) is 3.14. The van der Waals surface area contributed by atoms with Crippen LogP contribution in [0, 0.1) is 0 Å². The molecule has 2 heterocycles. The monoisotopic (exact) mass is 292 g/mol. The maximum absolute atomic E-state index is 11.8. The summed E-state index contributed by atoms with van der Waals surface area (Å²) >= 11 is 0. The lowest BCUT2D eigenvalue weighted by molar-refractivity contribution is -0.118. The molecular weight excluding hydrogens is 272 g/mol. The van der Waals surface area contributed by atoms with Crippen LogP contribution in [0.15, 0.2) is 42.5 Å². The Labute approximate surface area is 131 Å². The summed E-state index contributed by atoms with van der Waals surface area (Å²) in [7, 11) is 1.87. The summed E-state index contributed by atoms with van der Waals surface area (Å²) in [5, 5.41) is 3.66. The van der Waals surface area contributed by atoms with Crippen LogP contribution in [-0.4, -0.2) is 13.0 Å². The molecular formula is C19H20N2O. The summed E-state index contributed by atoms with van der Waals surface area (Å²) < 4.78 is 0. The van der Waals surface area contributed by atoms with Gasteiger partial charge in [0.1, 0.15) is 0 Å². The average Bonchev–Trinajstić information content (AvgIpc) is 2.57. The molecule has 0 saturated carbocycles. The Hall–Kier alpha value is -2.29. The van der Waals surface area contributed by atoms with Crippen molar-refractivity contribution in [2.24, 2.45) is 0 Å². The number of hydrogen-bond acceptors (Lipinski definition) is 2. The number of fused-ring (bicyclic) bond motifs is 2. The van der Waals surface area contributed by atoms with E-state index < -0.39 is 0 Å². The fourth-order valence-corrected chi connectivity index (χ4v) is 3.58. The summed E-state index contributed by atoms with van der Waals surface area (Å²) in [5.74, 6) is 0.213. The predicted octanol–water partition coefficient (Wildman–Crippen LogP) is 3.70. The second kappa shape index (κ2) is 5.16. The van der Waals surface area contributed by atoms with Crippen molar-refractivity contribution in [1.29, 1.82) is 0 Å². The maximum Gasteiger partial charge on any atom is 0.227 e. The molecule has 2 aromatic rings. The van der Waals surface area contributed by atoms with Crippen LogP contribution in [0.3, 0.4) is 0 Å². The number of amides is 1. The molecule has 1 atom stereocenters. The minimum Gasteiger partial charge on any atom is -0.378 e. The van der Waals surface area contributed by atoms with Crippen molar-refractivity contribution in [1.82, 2.24) is 0 Å². The molecule has 3 nitrogen and oxygen atoms in total. The smallest absolute Gasteiger partial charge is 0.227 e. The quantitative estimate of drug-likeness (QED) is 0.869. The molecule has 4 rings (SSSR count). The zero-order valence-corrected chi connectivity index (χ0v) is 12.8. The number of carbonyl (C=O) groups excluding carboxylic acids is 1. The predicted molar refractivity (Wildman–Crippen MR) is 89.3 cm³/mol. The second-order valence-electron chi connectivity index (χ2n) is 6.23. The number of benzene rings is 2. The minimum atomic E-state index is 0.213. The number of hydrogen-bond donors (Lipinski definition) is 1. The van der Waals surface area contributed by atoms with E-state index >= 15 is 0 Å². The first kappa shape index (κ1) is 13.4. The van der Waals surface area contributed by atoms with Crippen LogP contribution in [0.1, 0.15) is 35.6 Å². The van der Waals surface area contributed by atoms with Gasteiger partial charge >= 0.3 is 0 Å². The Morgan fingerprint density at radius 3 is 2.82 bits per heavy atom. The van der Waals surface area contributed by atoms with Gasteiger partial charge in [0.15, 0.2) is 0 Å². The minimum absolute atomic E-state index is 0.213. The van der Waals surface area contributed by atoms with Crippen molar-refractivity contribution in [3.63, 3.8) is 0 Å². The number of nitrogens with one attached hydrogen (secondary N) is 1. The van der Waals surface area contributed by atoms with E-state index in [2.05, 4.69) is 47.8 Å². The average molecular weight is 292 g/mol. The summed E-state index contributed by atoms with van der Waals surface area (Å²) in [5.41, 5.74) is 6.35. The third-order valence-corrected chi connectivity index (χ3v) is 4.90. The van der Waals surface area contributed by atoms with Gasteiger partial charge in [0.05, 0.1) is 6.04 Å². The van der Waals surface area contributed by atoms with Crippen LogP contribution in [0.2, 0.25) is 0 Å². The van der Waals surface area contributed by atoms with Crippen molar-refractivity contribution < 1.29 is 4.79 Å². The number of aryl methyl sites for hydroxylation is 2. The van der Waals surface area contributed by atoms with Crippen LogP contribution < -0.4 is 10.2 Å². The number of para-hydroxylation sites is 1. The fraction of sp³-hybridized carbons (Fsp3) is 0.316. The molecule has 1 N–H and O–H groups in total. The number of anilines is 2. The molecule has 0 bridgehead atoms. The summed E-state index contributed by atoms with van der Waals surface area (Å²) in [6.45, 7) is 0. The van der Waals surface area contributed by atoms with Gasteiger partial charge in [0.2, 0.25) is 5.91 Å². The molecule has 0 spiro atoms. The van der Waals surface area contributed by atoms with Crippen molar-refractivity contribution >= 4 is 17.3 Å². The van der Waals surface area contributed by atoms with Crippen LogP contribution in [0.4, 0.5) is 11.4 Å². The van der Waals surface area contributed by atoms with Gasteiger partial charge in [-0.05, 0) is 48.1 Å². The van der Waals surface area contributed by atoms with Gasteiger partial charge in [0.25, 0.3) is 0 Å². The molecule has 22 heavy (non-hydrogen) atoms. The van der Waals surface area contributed by atoms with Crippen LogP contribution >= 0.6 is 0 Å². The number of carbonyl (C=O) groups is 1. The largest absolute Gasteiger partial charge is 0.378 e. The van der Waals surface area contributed by atoms with E-state index in [1.807, 2.05) is 7.05 Å². The summed E-state index contributed by atoms with van der Waals surface area (Å²) in [4.78, 5) is 13.6. The Bertz CT molecular complexity index is 738. The van der Waals surface area contributed by atoms with Crippen molar-refractivity contribution in [3.8, 4) is 0 Å². The Morgan fingerprint density at radius 2 is 1.91 bits per heavy atom. The zero-order valence-electron chi connectivity index (χ0n) is 12.8. The van der Waals surface area contributed by atoms with E-state index in [4.69, 9.17) is 0 Å². The molecule has 3 heteroatoms. The Morgan fingerprint density at radius 1 is 1.05 bits per heavy atom. The fourth-order valence-electron chi connectivity index (χ4n) is 3.58. The highest BCUT2D eigenvalue weighted by Gasteiger charge is 2.24. The topological polar surface area (TPSA) is 32.3 Å². The van der Waals surface area contributed by atoms with E-state index in [-0.39, 0.29) is 5.91 Å². The highest BCUT2D eigenvalue weighted by molar-refractivity contribution is 5.95. The molecule has 112 valence electrons. The lowest BCUT2D eigenvalue weighted by atomic mass is 9.90. The van der Waals surface area contributed by atoms with Gasteiger partial charge in [-0.15, -0.1) is 0 Å². The van der Waals surface area contributed by atoms with Crippen molar-refractivity contribution in [2.75, 3.05) is 17.3 Å². The first-order chi connectivity index (χ1) is 10.7. The van der Waals surface area contributed by atoms with Crippen LogP contribution in [0.5, 0.6) is 0 Å². The van der Waals surface area contributed by atoms with Crippen molar-refractivity contribution in [2.45, 2.75) is 31.7 Å². The Balaban J connectivity index is 1.64. The second-order valence-corrected chi connectivity index (χ2v) is 6.23. The lowest BCUT2D eigenvalue weighted by Crippen LogP contribution is -2.31. The number of rotatable bonds is 1. The highest BCUT2D eigenvalue weighted by atomic mass is 16.2. The van der Waals surface area contributed by atoms with Crippen LogP contribution in [-0.2, 0) is 17.6 Å². The molecule has 1 amide bonds. The standard InChI is InChI=1S/C19H20N2O/c1-21-18-10-7-14(12-15(18)8-11-19(21)22)17-9-6-13-4-2-3-5-16(13)20-17/h2-5,7,10,12,17,20H,6,8-9,11H2,1H3. The van der Waals surface area contributed by atoms with E-state index in [1.54, 1.807) is 4.90 Å². The zero-order chi connectivity index (χ0) is 15.1. The molecule has 0 fully saturated rings. The third-order valence-electron chi connectivity index (χ3n) is 4.90. The van der Waals surface area contributed by atoms with Gasteiger partial charge in [-0.1, -0.05) is 30.3 Å². The van der Waals surface area contributed by atoms with Gasteiger partial charge < -0.3 is 10.2 Å². The molecule has 2 aliphatic rings. The molecule has 0 radical (unpaired) electrons. The molecule has 2 aromatic carbocycles. The summed E-state index contributed by atoms with van der Waals surface area (Å²) in [6.07, 6.45) is 3.71. The number of nitrogens with zero attached hydrogens (tertiary/aromatic N) is 1. The molecule has 0 aromatic heterocycles. The van der Waals surface area contributed by atoms with Crippen molar-refractivity contribution in [3.05, 3.63) is 59.2 Å². The molecule has 2 aliphatic heterocycles. The van der Waals surface area contributed by atoms with E-state index in [0.717, 1.165) is 24.9 Å². The SMILES string of the molecule is CN1C(=O)CCc2cc(C3CCc4ccccc4N3)ccc21. The summed E-state index contributed by atoms with van der Waals surface area (Å²) in [6, 6.07) is 15.5. The van der Waals surface area contributed by atoms with Gasteiger partial charge in [0, 0.05) is 24.8 Å². The van der Waals surface area contributed by atoms with E-state index in [9.17, 15) is 4.79 Å². The van der Waals surface area contributed by atoms with Gasteiger partial charge in [-0.3, -0.25) is 4.79 Å². The first-order valence-corrected chi connectivity index (χ1v) is 7.96.